The van der Waals surface area contributed by atoms with Gasteiger partial charge in [-0.25, -0.2) is 4.39 Å². The number of carbonyl (C=O) groups is 2. The van der Waals surface area contributed by atoms with Crippen molar-refractivity contribution < 1.29 is 33.1 Å². The summed E-state index contributed by atoms with van der Waals surface area (Å²) >= 11 is 0. The topological polar surface area (TPSA) is 84.4 Å². The molecule has 2 N–H and O–H groups in total. The number of quaternary nitrogens is 1. The number of nitrogens with one attached hydrogen (secondary N) is 1. The molecule has 1 saturated heterocycles. The van der Waals surface area contributed by atoms with Crippen molar-refractivity contribution in [2.24, 2.45) is 0 Å². The highest BCUT2D eigenvalue weighted by Gasteiger charge is 2.44. The number of ether oxygens (including phenoxy) is 1. The normalized spacial score (nSPS) is 20.5. The molecule has 1 atom stereocenters. The van der Waals surface area contributed by atoms with Gasteiger partial charge in [0.25, 0.3) is 5.91 Å². The first kappa shape index (κ1) is 19.4. The van der Waals surface area contributed by atoms with Gasteiger partial charge < -0.3 is 24.1 Å². The largest absolute Gasteiger partial charge is 0.503 e. The zero-order chi connectivity index (χ0) is 20.4. The molecule has 29 heavy (non-hydrogen) atoms. The third-order valence-electron chi connectivity index (χ3n) is 5.39. The molecule has 1 aromatic carbocycles. The Kier molecular flexibility index (Phi) is 5.46. The molecule has 4 rings (SSSR count). The van der Waals surface area contributed by atoms with E-state index < -0.39 is 29.3 Å². The van der Waals surface area contributed by atoms with Crippen LogP contribution in [0.5, 0.6) is 0 Å². The first-order chi connectivity index (χ1) is 14.1. The van der Waals surface area contributed by atoms with E-state index in [0.29, 0.717) is 31.9 Å². The maximum Gasteiger partial charge on any atom is 0.290 e. The fourth-order valence-corrected chi connectivity index (χ4v) is 3.84. The lowest BCUT2D eigenvalue weighted by atomic mass is 9.95. The Bertz CT molecular complexity index is 917. The number of Topliss-reactive ketones (excluding diaryl/α,β-unsaturated/α-hetero) is 1. The van der Waals surface area contributed by atoms with Gasteiger partial charge in [-0.2, -0.15) is 0 Å². The SMILES string of the molecule is O=C(C1=C(O)C(=O)N(CC[NH+]2CCOCC2)C1c1ccc(F)cc1)c1ccco1. The Morgan fingerprint density at radius 1 is 1.21 bits per heavy atom. The lowest BCUT2D eigenvalue weighted by molar-refractivity contribution is -0.907. The summed E-state index contributed by atoms with van der Waals surface area (Å²) in [4.78, 5) is 28.6. The predicted octanol–water partition coefficient (Wildman–Crippen LogP) is 0.912. The fraction of sp³-hybridized carbons (Fsp3) is 0.333. The van der Waals surface area contributed by atoms with Crippen molar-refractivity contribution in [2.75, 3.05) is 39.4 Å². The lowest BCUT2D eigenvalue weighted by Crippen LogP contribution is -3.14. The number of hydrogen-bond acceptors (Lipinski definition) is 5. The zero-order valence-corrected chi connectivity index (χ0v) is 15.8. The van der Waals surface area contributed by atoms with E-state index in [2.05, 4.69) is 0 Å². The van der Waals surface area contributed by atoms with Crippen LogP contribution >= 0.6 is 0 Å². The molecule has 8 heteroatoms. The summed E-state index contributed by atoms with van der Waals surface area (Å²) in [6.07, 6.45) is 1.36. The molecule has 2 aliphatic rings. The summed E-state index contributed by atoms with van der Waals surface area (Å²) in [5, 5.41) is 10.5. The number of nitrogens with zero attached hydrogens (tertiary/aromatic N) is 1. The molecule has 1 fully saturated rings. The van der Waals surface area contributed by atoms with E-state index in [4.69, 9.17) is 9.15 Å². The molecule has 0 aliphatic carbocycles. The number of carbonyl (C=O) groups excluding carboxylic acids is 2. The Balaban J connectivity index is 1.66. The second-order valence-corrected chi connectivity index (χ2v) is 7.13. The van der Waals surface area contributed by atoms with Gasteiger partial charge in [0.05, 0.1) is 44.2 Å². The summed E-state index contributed by atoms with van der Waals surface area (Å²) < 4.78 is 24.0. The van der Waals surface area contributed by atoms with Gasteiger partial charge in [-0.3, -0.25) is 9.59 Å². The third kappa shape index (κ3) is 3.81. The van der Waals surface area contributed by atoms with Crippen LogP contribution in [-0.2, 0) is 9.53 Å². The maximum absolute atomic E-state index is 13.5. The van der Waals surface area contributed by atoms with Gasteiger partial charge in [-0.05, 0) is 29.8 Å². The van der Waals surface area contributed by atoms with E-state index >= 15 is 0 Å². The molecule has 2 aliphatic heterocycles. The van der Waals surface area contributed by atoms with Crippen molar-refractivity contribution in [1.82, 2.24) is 4.90 Å². The molecule has 3 heterocycles. The number of morpholine rings is 1. The number of aliphatic hydroxyl groups is 1. The Hall–Kier alpha value is -2.97. The number of benzene rings is 1. The molecule has 1 unspecified atom stereocenters. The summed E-state index contributed by atoms with van der Waals surface area (Å²) in [7, 11) is 0. The van der Waals surface area contributed by atoms with Crippen LogP contribution in [0.1, 0.15) is 22.2 Å². The minimum atomic E-state index is -0.804. The Morgan fingerprint density at radius 2 is 1.93 bits per heavy atom. The molecule has 1 amide bonds. The molecule has 0 saturated carbocycles. The standard InChI is InChI=1S/C21H21FN2O5/c22-15-5-3-14(4-6-15)18-17(19(25)16-2-1-11-29-16)20(26)21(27)24(18)8-7-23-9-12-28-13-10-23/h1-6,11,18,26H,7-10,12-13H2/p+1. The van der Waals surface area contributed by atoms with Gasteiger partial charge in [-0.1, -0.05) is 12.1 Å². The Morgan fingerprint density at radius 3 is 2.59 bits per heavy atom. The van der Waals surface area contributed by atoms with Crippen molar-refractivity contribution in [3.8, 4) is 0 Å². The number of hydrogen-bond donors (Lipinski definition) is 2. The van der Waals surface area contributed by atoms with E-state index in [-0.39, 0.29) is 11.3 Å². The van der Waals surface area contributed by atoms with Crippen LogP contribution in [0, 0.1) is 5.82 Å². The van der Waals surface area contributed by atoms with Crippen molar-refractivity contribution >= 4 is 11.7 Å². The molecule has 2 aromatic rings. The lowest BCUT2D eigenvalue weighted by Gasteiger charge is -2.30. The van der Waals surface area contributed by atoms with Gasteiger partial charge >= 0.3 is 0 Å². The van der Waals surface area contributed by atoms with Gasteiger partial charge in [0.15, 0.2) is 11.5 Å². The number of amides is 1. The van der Waals surface area contributed by atoms with Gasteiger partial charge in [0.2, 0.25) is 5.78 Å². The van der Waals surface area contributed by atoms with E-state index in [0.717, 1.165) is 13.1 Å². The molecular weight excluding hydrogens is 379 g/mol. The smallest absolute Gasteiger partial charge is 0.290 e. The highest BCUT2D eigenvalue weighted by atomic mass is 19.1. The van der Waals surface area contributed by atoms with Crippen LogP contribution in [0.2, 0.25) is 0 Å². The number of furan rings is 1. The predicted molar refractivity (Wildman–Crippen MR) is 99.9 cm³/mol. The van der Waals surface area contributed by atoms with Crippen LogP contribution < -0.4 is 4.90 Å². The first-order valence-electron chi connectivity index (χ1n) is 9.55. The van der Waals surface area contributed by atoms with Crippen LogP contribution in [0.25, 0.3) is 0 Å². The van der Waals surface area contributed by atoms with Crippen molar-refractivity contribution in [3.05, 3.63) is 71.1 Å². The first-order valence-corrected chi connectivity index (χ1v) is 9.55. The van der Waals surface area contributed by atoms with Crippen LogP contribution in [0.4, 0.5) is 4.39 Å². The average molecular weight is 401 g/mol. The van der Waals surface area contributed by atoms with E-state index in [1.165, 1.54) is 46.4 Å². The van der Waals surface area contributed by atoms with E-state index in [1.807, 2.05) is 0 Å². The molecule has 0 spiro atoms. The van der Waals surface area contributed by atoms with E-state index in [1.54, 1.807) is 6.07 Å². The summed E-state index contributed by atoms with van der Waals surface area (Å²) in [6.45, 7) is 3.99. The van der Waals surface area contributed by atoms with Crippen LogP contribution in [0.15, 0.2) is 58.4 Å². The summed E-state index contributed by atoms with van der Waals surface area (Å²) in [6, 6.07) is 7.83. The van der Waals surface area contributed by atoms with E-state index in [9.17, 15) is 19.1 Å². The van der Waals surface area contributed by atoms with Crippen molar-refractivity contribution in [1.29, 1.82) is 0 Å². The quantitative estimate of drug-likeness (QED) is 0.703. The highest BCUT2D eigenvalue weighted by molar-refractivity contribution is 6.14. The third-order valence-corrected chi connectivity index (χ3v) is 5.39. The second kappa shape index (κ2) is 8.18. The monoisotopic (exact) mass is 401 g/mol. The maximum atomic E-state index is 13.5. The molecule has 7 nitrogen and oxygen atoms in total. The minimum absolute atomic E-state index is 0.0344. The average Bonchev–Trinajstić information content (AvgIpc) is 3.36. The number of ketones is 1. The molecule has 1 aromatic heterocycles. The molecule has 0 bridgehead atoms. The fourth-order valence-electron chi connectivity index (χ4n) is 3.84. The molecular formula is C21H22FN2O5+. The molecule has 0 radical (unpaired) electrons. The van der Waals surface area contributed by atoms with Gasteiger partial charge in [-0.15, -0.1) is 0 Å². The van der Waals surface area contributed by atoms with Crippen molar-refractivity contribution in [2.45, 2.75) is 6.04 Å². The van der Waals surface area contributed by atoms with Gasteiger partial charge in [0.1, 0.15) is 18.9 Å². The molecule has 152 valence electrons. The second-order valence-electron chi connectivity index (χ2n) is 7.13. The van der Waals surface area contributed by atoms with Crippen LogP contribution in [0.3, 0.4) is 0 Å². The minimum Gasteiger partial charge on any atom is -0.503 e. The van der Waals surface area contributed by atoms with Crippen molar-refractivity contribution in [3.63, 3.8) is 0 Å². The summed E-state index contributed by atoms with van der Waals surface area (Å²) in [5.41, 5.74) is 0.504. The number of halogens is 1. The number of aliphatic hydroxyl groups excluding tert-OH is 1. The van der Waals surface area contributed by atoms with Crippen LogP contribution in [-0.4, -0.2) is 61.1 Å². The number of rotatable bonds is 6. The van der Waals surface area contributed by atoms with Gasteiger partial charge in [0, 0.05) is 0 Å². The zero-order valence-electron chi connectivity index (χ0n) is 15.8. The Labute approximate surface area is 167 Å². The highest BCUT2D eigenvalue weighted by Crippen LogP contribution is 2.38. The summed E-state index contributed by atoms with van der Waals surface area (Å²) in [5.74, 6) is -2.14.